The molecule has 0 unspecified atom stereocenters. The number of hydrogen-bond donors (Lipinski definition) is 3. The van der Waals surface area contributed by atoms with Gasteiger partial charge >= 0.3 is 0 Å². The molecule has 5 heteroatoms. The van der Waals surface area contributed by atoms with Gasteiger partial charge in [-0.3, -0.25) is 10.2 Å². The van der Waals surface area contributed by atoms with Crippen molar-refractivity contribution >= 4 is 17.7 Å². The van der Waals surface area contributed by atoms with E-state index in [1.807, 2.05) is 36.4 Å². The Hall–Kier alpha value is -1.98. The van der Waals surface area contributed by atoms with E-state index in [-0.39, 0.29) is 18.1 Å². The third kappa shape index (κ3) is 4.01. The maximum atomic E-state index is 11.4. The molecule has 4 nitrogen and oxygen atoms in total. The van der Waals surface area contributed by atoms with Crippen LogP contribution in [0.15, 0.2) is 53.4 Å². The Kier molecular flexibility index (Phi) is 5.03. The topological polar surface area (TPSA) is 75.3 Å². The summed E-state index contributed by atoms with van der Waals surface area (Å²) in [5.74, 6) is 5.90. The Balaban J connectivity index is 2.07. The molecule has 2 aromatic rings. The van der Waals surface area contributed by atoms with Gasteiger partial charge in [-0.15, -0.1) is 11.8 Å². The van der Waals surface area contributed by atoms with Crippen molar-refractivity contribution in [3.05, 3.63) is 59.7 Å². The second kappa shape index (κ2) is 6.98. The number of hydrogen-bond acceptors (Lipinski definition) is 4. The fourth-order valence-electron chi connectivity index (χ4n) is 1.83. The SMILES string of the molecule is NNC(=O)Cc1ccccc1CSc1cccc(O)c1. The summed E-state index contributed by atoms with van der Waals surface area (Å²) in [7, 11) is 0. The molecule has 0 heterocycles. The maximum Gasteiger partial charge on any atom is 0.238 e. The average molecular weight is 288 g/mol. The molecule has 0 aliphatic heterocycles. The summed E-state index contributed by atoms with van der Waals surface area (Å²) in [5.41, 5.74) is 4.19. The van der Waals surface area contributed by atoms with Crippen LogP contribution in [-0.4, -0.2) is 11.0 Å². The van der Waals surface area contributed by atoms with E-state index in [1.54, 1.807) is 23.9 Å². The highest BCUT2D eigenvalue weighted by Gasteiger charge is 2.07. The molecule has 20 heavy (non-hydrogen) atoms. The molecule has 0 spiro atoms. The van der Waals surface area contributed by atoms with Crippen molar-refractivity contribution in [2.75, 3.05) is 0 Å². The van der Waals surface area contributed by atoms with Gasteiger partial charge in [0.05, 0.1) is 6.42 Å². The summed E-state index contributed by atoms with van der Waals surface area (Å²) in [6.07, 6.45) is 0.271. The van der Waals surface area contributed by atoms with E-state index >= 15 is 0 Å². The number of hydrazine groups is 1. The van der Waals surface area contributed by atoms with E-state index in [0.717, 1.165) is 21.8 Å². The third-order valence-electron chi connectivity index (χ3n) is 2.84. The van der Waals surface area contributed by atoms with Crippen molar-refractivity contribution in [1.82, 2.24) is 5.43 Å². The predicted molar refractivity (Wildman–Crippen MR) is 80.1 cm³/mol. The molecule has 0 radical (unpaired) electrons. The van der Waals surface area contributed by atoms with Crippen LogP contribution < -0.4 is 11.3 Å². The number of rotatable bonds is 5. The molecule has 104 valence electrons. The zero-order valence-electron chi connectivity index (χ0n) is 10.9. The van der Waals surface area contributed by atoms with Gasteiger partial charge < -0.3 is 5.11 Å². The maximum absolute atomic E-state index is 11.4. The first-order valence-electron chi connectivity index (χ1n) is 6.17. The van der Waals surface area contributed by atoms with Crippen molar-refractivity contribution < 1.29 is 9.90 Å². The fourth-order valence-corrected chi connectivity index (χ4v) is 2.81. The monoisotopic (exact) mass is 288 g/mol. The van der Waals surface area contributed by atoms with Crippen LogP contribution in [0, 0.1) is 0 Å². The van der Waals surface area contributed by atoms with E-state index < -0.39 is 0 Å². The number of thioether (sulfide) groups is 1. The van der Waals surface area contributed by atoms with Crippen LogP contribution >= 0.6 is 11.8 Å². The number of aromatic hydroxyl groups is 1. The van der Waals surface area contributed by atoms with Gasteiger partial charge in [-0.25, -0.2) is 5.84 Å². The number of carbonyl (C=O) groups excluding carboxylic acids is 1. The highest BCUT2D eigenvalue weighted by atomic mass is 32.2. The molecule has 2 aromatic carbocycles. The molecule has 4 N–H and O–H groups in total. The molecule has 0 atom stereocenters. The zero-order valence-corrected chi connectivity index (χ0v) is 11.7. The van der Waals surface area contributed by atoms with Gasteiger partial charge in [0.1, 0.15) is 5.75 Å². The Bertz CT molecular complexity index is 602. The van der Waals surface area contributed by atoms with Gasteiger partial charge in [-0.2, -0.15) is 0 Å². The second-order valence-electron chi connectivity index (χ2n) is 4.30. The molecule has 0 saturated heterocycles. The van der Waals surface area contributed by atoms with Crippen molar-refractivity contribution in [2.24, 2.45) is 5.84 Å². The van der Waals surface area contributed by atoms with E-state index in [4.69, 9.17) is 5.84 Å². The first kappa shape index (κ1) is 14.4. The lowest BCUT2D eigenvalue weighted by Gasteiger charge is -2.09. The second-order valence-corrected chi connectivity index (χ2v) is 5.35. The van der Waals surface area contributed by atoms with Crippen LogP contribution in [0.2, 0.25) is 0 Å². The van der Waals surface area contributed by atoms with E-state index in [2.05, 4.69) is 5.43 Å². The molecular formula is C15H16N2O2S. The Morgan fingerprint density at radius 1 is 1.15 bits per heavy atom. The minimum Gasteiger partial charge on any atom is -0.508 e. The van der Waals surface area contributed by atoms with Crippen molar-refractivity contribution in [2.45, 2.75) is 17.1 Å². The summed E-state index contributed by atoms with van der Waals surface area (Å²) in [6, 6.07) is 14.9. The van der Waals surface area contributed by atoms with Crippen molar-refractivity contribution in [3.63, 3.8) is 0 Å². The number of benzene rings is 2. The van der Waals surface area contributed by atoms with Crippen LogP contribution in [-0.2, 0) is 17.0 Å². The molecule has 0 aliphatic rings. The molecule has 0 saturated carbocycles. The Labute approximate surface area is 122 Å². The van der Waals surface area contributed by atoms with Crippen LogP contribution in [0.1, 0.15) is 11.1 Å². The standard InChI is InChI=1S/C15H16N2O2S/c16-17-15(19)8-11-4-1-2-5-12(11)10-20-14-7-3-6-13(18)9-14/h1-7,9,18H,8,10,16H2,(H,17,19). The molecule has 0 aliphatic carbocycles. The van der Waals surface area contributed by atoms with E-state index in [9.17, 15) is 9.90 Å². The number of phenols is 1. The van der Waals surface area contributed by atoms with Gasteiger partial charge in [0.25, 0.3) is 0 Å². The number of amides is 1. The lowest BCUT2D eigenvalue weighted by Crippen LogP contribution is -2.31. The van der Waals surface area contributed by atoms with Crippen molar-refractivity contribution in [3.8, 4) is 5.75 Å². The summed E-state index contributed by atoms with van der Waals surface area (Å²) in [6.45, 7) is 0. The van der Waals surface area contributed by atoms with Crippen LogP contribution in [0.5, 0.6) is 5.75 Å². The van der Waals surface area contributed by atoms with Gasteiger partial charge in [0, 0.05) is 10.6 Å². The fraction of sp³-hybridized carbons (Fsp3) is 0.133. The van der Waals surface area contributed by atoms with Crippen LogP contribution in [0.4, 0.5) is 0 Å². The minimum atomic E-state index is -0.209. The minimum absolute atomic E-state index is 0.209. The summed E-state index contributed by atoms with van der Waals surface area (Å²) >= 11 is 1.61. The Morgan fingerprint density at radius 2 is 1.90 bits per heavy atom. The van der Waals surface area contributed by atoms with Crippen molar-refractivity contribution in [1.29, 1.82) is 0 Å². The predicted octanol–water partition coefficient (Wildman–Crippen LogP) is 2.22. The largest absolute Gasteiger partial charge is 0.508 e. The molecule has 0 aromatic heterocycles. The van der Waals surface area contributed by atoms with E-state index in [0.29, 0.717) is 0 Å². The number of phenolic OH excluding ortho intramolecular Hbond substituents is 1. The van der Waals surface area contributed by atoms with Gasteiger partial charge in [0.15, 0.2) is 0 Å². The molecular weight excluding hydrogens is 272 g/mol. The number of nitrogens with two attached hydrogens (primary N) is 1. The van der Waals surface area contributed by atoms with Gasteiger partial charge in [-0.1, -0.05) is 30.3 Å². The summed E-state index contributed by atoms with van der Waals surface area (Å²) in [5, 5.41) is 9.44. The quantitative estimate of drug-likeness (QED) is 0.341. The number of nitrogens with one attached hydrogen (secondary N) is 1. The molecule has 0 bridgehead atoms. The van der Waals surface area contributed by atoms with Crippen LogP contribution in [0.25, 0.3) is 0 Å². The lowest BCUT2D eigenvalue weighted by atomic mass is 10.1. The smallest absolute Gasteiger partial charge is 0.238 e. The Morgan fingerprint density at radius 3 is 2.60 bits per heavy atom. The first-order chi connectivity index (χ1) is 9.69. The first-order valence-corrected chi connectivity index (χ1v) is 7.15. The number of carbonyl (C=O) groups is 1. The molecule has 2 rings (SSSR count). The molecule has 1 amide bonds. The summed E-state index contributed by atoms with van der Waals surface area (Å²) in [4.78, 5) is 12.4. The highest BCUT2D eigenvalue weighted by molar-refractivity contribution is 7.98. The summed E-state index contributed by atoms with van der Waals surface area (Å²) < 4.78 is 0. The zero-order chi connectivity index (χ0) is 14.4. The van der Waals surface area contributed by atoms with Gasteiger partial charge in [0.2, 0.25) is 5.91 Å². The average Bonchev–Trinajstić information content (AvgIpc) is 2.46. The van der Waals surface area contributed by atoms with Crippen LogP contribution in [0.3, 0.4) is 0 Å². The highest BCUT2D eigenvalue weighted by Crippen LogP contribution is 2.27. The lowest BCUT2D eigenvalue weighted by molar-refractivity contribution is -0.120. The molecule has 0 fully saturated rings. The third-order valence-corrected chi connectivity index (χ3v) is 3.88. The normalized spacial score (nSPS) is 10.2. The van der Waals surface area contributed by atoms with E-state index in [1.165, 1.54) is 0 Å². The van der Waals surface area contributed by atoms with Gasteiger partial charge in [-0.05, 0) is 29.3 Å².